The second kappa shape index (κ2) is 17.3. The summed E-state index contributed by atoms with van der Waals surface area (Å²) in [6.45, 7) is 7.40. The van der Waals surface area contributed by atoms with Crippen LogP contribution in [0.25, 0.3) is 0 Å². The van der Waals surface area contributed by atoms with Crippen LogP contribution in [0.15, 0.2) is 48.5 Å². The first-order chi connectivity index (χ1) is 19.6. The van der Waals surface area contributed by atoms with E-state index in [9.17, 15) is 0 Å². The fraction of sp³-hybridized carbons (Fsp3) is 0.684. The molecule has 3 atom stereocenters. The number of rotatable bonds is 7. The van der Waals surface area contributed by atoms with Crippen LogP contribution in [-0.4, -0.2) is 22.6 Å². The molecular weight excluding hydrogens is 574 g/mol. The molecule has 2 aromatic rings. The van der Waals surface area contributed by atoms with Crippen LogP contribution < -0.4 is 10.6 Å². The fourth-order valence-electron chi connectivity index (χ4n) is 8.81. The van der Waals surface area contributed by atoms with E-state index in [4.69, 9.17) is 0 Å². The summed E-state index contributed by atoms with van der Waals surface area (Å²) in [6, 6.07) is 18.7. The molecule has 6 rings (SSSR count). The molecule has 4 aliphatic carbocycles. The fourth-order valence-corrected chi connectivity index (χ4v) is 17.2. The van der Waals surface area contributed by atoms with Crippen molar-refractivity contribution in [2.75, 3.05) is 0 Å². The zero-order valence-corrected chi connectivity index (χ0v) is 29.4. The molecule has 0 bridgehead atoms. The summed E-state index contributed by atoms with van der Waals surface area (Å²) in [5.74, 6) is 0.926. The van der Waals surface area contributed by atoms with Crippen molar-refractivity contribution < 1.29 is 17.1 Å². The van der Waals surface area contributed by atoms with E-state index >= 15 is 0 Å². The Kier molecular flexibility index (Phi) is 14.3. The Balaban J connectivity index is 0.000000584. The van der Waals surface area contributed by atoms with Crippen LogP contribution in [0.3, 0.4) is 0 Å². The van der Waals surface area contributed by atoms with E-state index in [0.717, 1.165) is 28.6 Å². The van der Waals surface area contributed by atoms with Gasteiger partial charge in [-0.1, -0.05) is 140 Å². The van der Waals surface area contributed by atoms with Crippen molar-refractivity contribution >= 4 is 26.5 Å². The average molecular weight is 633 g/mol. The Bertz CT molecular complexity index is 949. The van der Waals surface area contributed by atoms with E-state index in [1.807, 2.05) is 0 Å². The molecule has 2 aromatic carbocycles. The van der Waals surface area contributed by atoms with Gasteiger partial charge in [-0.05, 0) is 111 Å². The molecule has 3 heteroatoms. The molecule has 4 saturated carbocycles. The molecule has 0 saturated heterocycles. The van der Waals surface area contributed by atoms with E-state index in [0.29, 0.717) is 0 Å². The summed E-state index contributed by atoms with van der Waals surface area (Å²) < 4.78 is 0. The van der Waals surface area contributed by atoms with Gasteiger partial charge in [0.25, 0.3) is 0 Å². The van der Waals surface area contributed by atoms with Gasteiger partial charge in [-0.3, -0.25) is 0 Å². The second-order valence-electron chi connectivity index (χ2n) is 13.6. The molecule has 4 aliphatic rings. The van der Waals surface area contributed by atoms with E-state index in [2.05, 4.69) is 69.3 Å². The van der Waals surface area contributed by atoms with Gasteiger partial charge in [-0.25, -0.2) is 0 Å². The number of hydrogen-bond acceptors (Lipinski definition) is 0. The van der Waals surface area contributed by atoms with Crippen LogP contribution in [0.5, 0.6) is 0 Å². The van der Waals surface area contributed by atoms with Crippen LogP contribution in [-0.2, 0) is 17.1 Å². The molecule has 4 fully saturated rings. The van der Waals surface area contributed by atoms with Gasteiger partial charge in [0.05, 0.1) is 0 Å². The molecule has 0 nitrogen and oxygen atoms in total. The van der Waals surface area contributed by atoms with Crippen molar-refractivity contribution in [3.05, 3.63) is 59.7 Å². The van der Waals surface area contributed by atoms with Crippen molar-refractivity contribution in [2.45, 2.75) is 159 Å². The summed E-state index contributed by atoms with van der Waals surface area (Å²) in [7, 11) is -0.178. The van der Waals surface area contributed by atoms with E-state index in [1.165, 1.54) is 94.6 Å². The minimum Gasteiger partial charge on any atom is -0.0968 e. The molecule has 228 valence electrons. The van der Waals surface area contributed by atoms with Crippen molar-refractivity contribution in [3.63, 3.8) is 0 Å². The van der Waals surface area contributed by atoms with Crippen LogP contribution in [0, 0.1) is 19.8 Å². The Morgan fingerprint density at radius 3 is 1.39 bits per heavy atom. The molecule has 0 aromatic heterocycles. The summed E-state index contributed by atoms with van der Waals surface area (Å²) in [4.78, 5) is 0. The quantitative estimate of drug-likeness (QED) is 0.210. The standard InChI is InChI=1S/C33H48P2.C5H10.Fe/c1-25-15-10-12-22-31(25)34(32-23-13-11-16-26(32)2)27(3)30-21-14-24-33(30)35(28-17-6-4-7-18-28)29-19-8-5-9-20-29;1-2-4-5-3-1;/h10-13,15-16,22-23,27-30,33H,4-9,14,17-21,24H2,1-3H3;1-5H2;/t27-,30?,33?;;/m1../s1. The van der Waals surface area contributed by atoms with Gasteiger partial charge in [0, 0.05) is 17.1 Å². The van der Waals surface area contributed by atoms with Crippen LogP contribution in [0.4, 0.5) is 0 Å². The summed E-state index contributed by atoms with van der Waals surface area (Å²) in [6.07, 6.45) is 27.3. The summed E-state index contributed by atoms with van der Waals surface area (Å²) in [5.41, 5.74) is 6.99. The molecule has 0 spiro atoms. The Morgan fingerprint density at radius 1 is 0.537 bits per heavy atom. The number of benzene rings is 2. The predicted octanol–water partition coefficient (Wildman–Crippen LogP) is 11.4. The smallest absolute Gasteiger partial charge is 0 e. The summed E-state index contributed by atoms with van der Waals surface area (Å²) in [5, 5.41) is 3.30. The maximum Gasteiger partial charge on any atom is 0 e. The third kappa shape index (κ3) is 8.72. The van der Waals surface area contributed by atoms with Crippen molar-refractivity contribution in [1.29, 1.82) is 0 Å². The average Bonchev–Trinajstić information content (AvgIpc) is 3.73. The van der Waals surface area contributed by atoms with Gasteiger partial charge in [-0.2, -0.15) is 0 Å². The molecule has 0 heterocycles. The second-order valence-corrected chi connectivity index (χ2v) is 19.2. The van der Waals surface area contributed by atoms with Crippen molar-refractivity contribution in [3.8, 4) is 0 Å². The molecule has 0 amide bonds. The molecular formula is C38H58FeP2. The van der Waals surface area contributed by atoms with Crippen LogP contribution >= 0.6 is 15.8 Å². The molecule has 41 heavy (non-hydrogen) atoms. The van der Waals surface area contributed by atoms with Crippen molar-refractivity contribution in [2.24, 2.45) is 5.92 Å². The van der Waals surface area contributed by atoms with Gasteiger partial charge < -0.3 is 0 Å². The number of hydrogen-bond donors (Lipinski definition) is 0. The van der Waals surface area contributed by atoms with Gasteiger partial charge >= 0.3 is 0 Å². The van der Waals surface area contributed by atoms with Gasteiger partial charge in [-0.15, -0.1) is 0 Å². The van der Waals surface area contributed by atoms with Gasteiger partial charge in [0.1, 0.15) is 0 Å². The van der Waals surface area contributed by atoms with Gasteiger partial charge in [0.15, 0.2) is 0 Å². The SMILES string of the molecule is C1CCCC1.Cc1ccccc1P(c1ccccc1C)[C@H](C)C1CCCC1P(C1CCCCC1)C1CCCCC1.[Fe]. The largest absolute Gasteiger partial charge is 0.0968 e. The third-order valence-electron chi connectivity index (χ3n) is 10.9. The van der Waals surface area contributed by atoms with E-state index < -0.39 is 0 Å². The molecule has 2 unspecified atom stereocenters. The Labute approximate surface area is 267 Å². The van der Waals surface area contributed by atoms with Gasteiger partial charge in [0.2, 0.25) is 0 Å². The van der Waals surface area contributed by atoms with E-state index in [-0.39, 0.29) is 32.9 Å². The van der Waals surface area contributed by atoms with Crippen molar-refractivity contribution in [1.82, 2.24) is 0 Å². The third-order valence-corrected chi connectivity index (χ3v) is 18.3. The molecule has 0 N–H and O–H groups in total. The first kappa shape index (κ1) is 33.7. The Hall–Kier alpha value is -0.181. The maximum atomic E-state index is 2.68. The van der Waals surface area contributed by atoms with Crippen LogP contribution in [0.2, 0.25) is 0 Å². The minimum atomic E-state index is -0.341. The zero-order chi connectivity index (χ0) is 27.7. The first-order valence-corrected chi connectivity index (χ1v) is 20.3. The molecule has 0 radical (unpaired) electrons. The monoisotopic (exact) mass is 632 g/mol. The summed E-state index contributed by atoms with van der Waals surface area (Å²) >= 11 is 0. The first-order valence-electron chi connectivity index (χ1n) is 17.3. The maximum absolute atomic E-state index is 2.68. The Morgan fingerprint density at radius 2 is 0.951 bits per heavy atom. The van der Waals surface area contributed by atoms with Crippen LogP contribution in [0.1, 0.15) is 134 Å². The normalized spacial score (nSPS) is 24.6. The predicted molar refractivity (Wildman–Crippen MR) is 183 cm³/mol. The topological polar surface area (TPSA) is 0 Å². The minimum absolute atomic E-state index is 0. The number of aryl methyl sites for hydroxylation is 2. The van der Waals surface area contributed by atoms with E-state index in [1.54, 1.807) is 42.7 Å². The molecule has 0 aliphatic heterocycles. The zero-order valence-electron chi connectivity index (χ0n) is 26.5.